The second-order valence-electron chi connectivity index (χ2n) is 5.88. The third kappa shape index (κ3) is 4.94. The smallest absolute Gasteiger partial charge is 0.254 e. The summed E-state index contributed by atoms with van der Waals surface area (Å²) in [5.74, 6) is 1.53. The van der Waals surface area contributed by atoms with Crippen LogP contribution in [0.25, 0.3) is 0 Å². The lowest BCUT2D eigenvalue weighted by atomic mass is 10.2. The first-order chi connectivity index (χ1) is 13.7. The van der Waals surface area contributed by atoms with E-state index in [0.717, 1.165) is 11.1 Å². The number of aromatic nitrogens is 3. The molecular weight excluding hydrogens is 358 g/mol. The van der Waals surface area contributed by atoms with Gasteiger partial charge in [0, 0.05) is 37.9 Å². The largest absolute Gasteiger partial charge is 0.493 e. The number of benzene rings is 1. The molecule has 28 heavy (non-hydrogen) atoms. The minimum atomic E-state index is -0.233. The second kappa shape index (κ2) is 9.31. The molecule has 3 rings (SSSR count). The lowest BCUT2D eigenvalue weighted by Crippen LogP contribution is -2.23. The van der Waals surface area contributed by atoms with Gasteiger partial charge in [0.1, 0.15) is 0 Å². The van der Waals surface area contributed by atoms with Gasteiger partial charge in [0.25, 0.3) is 5.91 Å². The predicted molar refractivity (Wildman–Crippen MR) is 104 cm³/mol. The number of amides is 1. The van der Waals surface area contributed by atoms with Gasteiger partial charge in [-0.05, 0) is 35.4 Å². The molecule has 1 aromatic carbocycles. The minimum Gasteiger partial charge on any atom is -0.493 e. The molecule has 0 aliphatic carbocycles. The fourth-order valence-electron chi connectivity index (χ4n) is 2.49. The SMILES string of the molecule is COc1ccc(CNc2ncc(C(=O)NCc3ccncc3)cn2)cc1OC. The van der Waals surface area contributed by atoms with Crippen molar-refractivity contribution in [1.82, 2.24) is 20.3 Å². The molecule has 2 heterocycles. The highest BCUT2D eigenvalue weighted by Gasteiger charge is 2.08. The Morgan fingerprint density at radius 2 is 1.64 bits per heavy atom. The van der Waals surface area contributed by atoms with Crippen LogP contribution >= 0.6 is 0 Å². The zero-order valence-corrected chi connectivity index (χ0v) is 15.7. The Labute approximate surface area is 163 Å². The summed E-state index contributed by atoms with van der Waals surface area (Å²) in [7, 11) is 3.19. The number of methoxy groups -OCH3 is 2. The molecule has 0 bridgehead atoms. The minimum absolute atomic E-state index is 0.233. The van der Waals surface area contributed by atoms with Gasteiger partial charge >= 0.3 is 0 Å². The lowest BCUT2D eigenvalue weighted by Gasteiger charge is -2.10. The molecule has 0 spiro atoms. The second-order valence-corrected chi connectivity index (χ2v) is 5.88. The summed E-state index contributed by atoms with van der Waals surface area (Å²) in [6.45, 7) is 0.925. The summed E-state index contributed by atoms with van der Waals surface area (Å²) in [6, 6.07) is 9.34. The molecule has 144 valence electrons. The first-order valence-electron chi connectivity index (χ1n) is 8.63. The highest BCUT2D eigenvalue weighted by Crippen LogP contribution is 2.27. The third-order valence-electron chi connectivity index (χ3n) is 4.02. The van der Waals surface area contributed by atoms with Crippen molar-refractivity contribution in [1.29, 1.82) is 0 Å². The maximum atomic E-state index is 12.2. The third-order valence-corrected chi connectivity index (χ3v) is 4.02. The Morgan fingerprint density at radius 1 is 0.929 bits per heavy atom. The summed E-state index contributed by atoms with van der Waals surface area (Å²) in [5, 5.41) is 5.94. The number of ether oxygens (including phenoxy) is 2. The number of anilines is 1. The van der Waals surface area contributed by atoms with Crippen molar-refractivity contribution >= 4 is 11.9 Å². The van der Waals surface area contributed by atoms with Crippen molar-refractivity contribution in [3.05, 3.63) is 71.8 Å². The summed E-state index contributed by atoms with van der Waals surface area (Å²) in [4.78, 5) is 24.5. The van der Waals surface area contributed by atoms with Gasteiger partial charge in [-0.25, -0.2) is 9.97 Å². The summed E-state index contributed by atoms with van der Waals surface area (Å²) in [6.07, 6.45) is 6.35. The molecule has 0 fully saturated rings. The van der Waals surface area contributed by atoms with Gasteiger partial charge in [0.05, 0.1) is 19.8 Å². The number of carbonyl (C=O) groups excluding carboxylic acids is 1. The first kappa shape index (κ1) is 19.1. The van der Waals surface area contributed by atoms with Crippen LogP contribution in [0.5, 0.6) is 11.5 Å². The Balaban J connectivity index is 1.55. The monoisotopic (exact) mass is 379 g/mol. The predicted octanol–water partition coefficient (Wildman–Crippen LogP) is 2.43. The Bertz CT molecular complexity index is 917. The molecule has 8 nitrogen and oxygen atoms in total. The summed E-state index contributed by atoms with van der Waals surface area (Å²) >= 11 is 0. The van der Waals surface area contributed by atoms with Crippen LogP contribution in [0, 0.1) is 0 Å². The number of hydrogen-bond donors (Lipinski definition) is 2. The van der Waals surface area contributed by atoms with Gasteiger partial charge in [0.15, 0.2) is 11.5 Å². The summed E-state index contributed by atoms with van der Waals surface area (Å²) < 4.78 is 10.5. The van der Waals surface area contributed by atoms with E-state index in [9.17, 15) is 4.79 Å². The maximum Gasteiger partial charge on any atom is 0.254 e. The van der Waals surface area contributed by atoms with Crippen molar-refractivity contribution in [2.75, 3.05) is 19.5 Å². The molecular formula is C20H21N5O3. The van der Waals surface area contributed by atoms with Crippen molar-refractivity contribution in [3.63, 3.8) is 0 Å². The van der Waals surface area contributed by atoms with E-state index in [2.05, 4.69) is 25.6 Å². The molecule has 0 saturated carbocycles. The van der Waals surface area contributed by atoms with Gasteiger partial charge in [-0.1, -0.05) is 6.07 Å². The fraction of sp³-hybridized carbons (Fsp3) is 0.200. The van der Waals surface area contributed by atoms with Crippen molar-refractivity contribution < 1.29 is 14.3 Å². The molecule has 0 saturated heterocycles. The van der Waals surface area contributed by atoms with Crippen LogP contribution in [-0.4, -0.2) is 35.1 Å². The molecule has 0 radical (unpaired) electrons. The van der Waals surface area contributed by atoms with E-state index < -0.39 is 0 Å². The quantitative estimate of drug-likeness (QED) is 0.620. The van der Waals surface area contributed by atoms with E-state index in [4.69, 9.17) is 9.47 Å². The lowest BCUT2D eigenvalue weighted by molar-refractivity contribution is 0.0950. The van der Waals surface area contributed by atoms with Crippen LogP contribution in [0.1, 0.15) is 21.5 Å². The topological polar surface area (TPSA) is 98.3 Å². The molecule has 0 aliphatic rings. The molecule has 3 aromatic rings. The van der Waals surface area contributed by atoms with Gasteiger partial charge in [-0.15, -0.1) is 0 Å². The highest BCUT2D eigenvalue weighted by molar-refractivity contribution is 5.93. The van der Waals surface area contributed by atoms with E-state index in [1.165, 1.54) is 12.4 Å². The Morgan fingerprint density at radius 3 is 2.32 bits per heavy atom. The Hall–Kier alpha value is -3.68. The van der Waals surface area contributed by atoms with Crippen molar-refractivity contribution in [3.8, 4) is 11.5 Å². The average Bonchev–Trinajstić information content (AvgIpc) is 2.76. The van der Waals surface area contributed by atoms with E-state index >= 15 is 0 Å². The van der Waals surface area contributed by atoms with Crippen LogP contribution < -0.4 is 20.1 Å². The molecule has 0 unspecified atom stereocenters. The van der Waals surface area contributed by atoms with Crippen LogP contribution in [0.2, 0.25) is 0 Å². The zero-order chi connectivity index (χ0) is 19.8. The van der Waals surface area contributed by atoms with Gasteiger partial charge in [-0.3, -0.25) is 9.78 Å². The van der Waals surface area contributed by atoms with E-state index in [-0.39, 0.29) is 5.91 Å². The van der Waals surface area contributed by atoms with Crippen LogP contribution in [0.4, 0.5) is 5.95 Å². The molecule has 0 aliphatic heterocycles. The van der Waals surface area contributed by atoms with E-state index in [1.807, 2.05) is 30.3 Å². The number of nitrogens with zero attached hydrogens (tertiary/aromatic N) is 3. The number of nitrogens with one attached hydrogen (secondary N) is 2. The number of carbonyl (C=O) groups is 1. The summed E-state index contributed by atoms with van der Waals surface area (Å²) in [5.41, 5.74) is 2.35. The molecule has 2 aromatic heterocycles. The fourth-order valence-corrected chi connectivity index (χ4v) is 2.49. The van der Waals surface area contributed by atoms with Crippen molar-refractivity contribution in [2.24, 2.45) is 0 Å². The number of hydrogen-bond acceptors (Lipinski definition) is 7. The molecule has 0 atom stereocenters. The average molecular weight is 379 g/mol. The molecule has 2 N–H and O–H groups in total. The van der Waals surface area contributed by atoms with Crippen LogP contribution in [-0.2, 0) is 13.1 Å². The molecule has 1 amide bonds. The van der Waals surface area contributed by atoms with Gasteiger partial charge in [0.2, 0.25) is 5.95 Å². The van der Waals surface area contributed by atoms with Crippen LogP contribution in [0.3, 0.4) is 0 Å². The zero-order valence-electron chi connectivity index (χ0n) is 15.7. The number of pyridine rings is 1. The normalized spacial score (nSPS) is 10.2. The Kier molecular flexibility index (Phi) is 6.35. The van der Waals surface area contributed by atoms with Crippen LogP contribution in [0.15, 0.2) is 55.1 Å². The molecule has 8 heteroatoms. The number of rotatable bonds is 8. The maximum absolute atomic E-state index is 12.2. The van der Waals surface area contributed by atoms with E-state index in [1.54, 1.807) is 26.6 Å². The standard InChI is InChI=1S/C20H21N5O3/c1-27-17-4-3-15(9-18(17)28-2)11-23-20-24-12-16(13-25-20)19(26)22-10-14-5-7-21-8-6-14/h3-9,12-13H,10-11H2,1-2H3,(H,22,26)(H,23,24,25). The van der Waals surface area contributed by atoms with E-state index in [0.29, 0.717) is 36.1 Å². The van der Waals surface area contributed by atoms with Crippen molar-refractivity contribution in [2.45, 2.75) is 13.1 Å². The van der Waals surface area contributed by atoms with Gasteiger partial charge < -0.3 is 20.1 Å². The first-order valence-corrected chi connectivity index (χ1v) is 8.63. The highest BCUT2D eigenvalue weighted by atomic mass is 16.5. The van der Waals surface area contributed by atoms with Gasteiger partial charge in [-0.2, -0.15) is 0 Å².